The second-order valence-electron chi connectivity index (χ2n) is 9.26. The Balaban J connectivity index is 1.29. The zero-order valence-electron chi connectivity index (χ0n) is 18.3. The van der Waals surface area contributed by atoms with Crippen LogP contribution in [0.25, 0.3) is 10.9 Å². The molecule has 0 saturated carbocycles. The minimum absolute atomic E-state index is 0.308. The molecule has 6 nitrogen and oxygen atoms in total. The molecule has 0 radical (unpaired) electrons. The molecule has 32 heavy (non-hydrogen) atoms. The van der Waals surface area contributed by atoms with E-state index in [2.05, 4.69) is 63.4 Å². The number of anilines is 1. The fraction of sp³-hybridized carbons (Fsp3) is 0.385. The third-order valence-corrected chi connectivity index (χ3v) is 7.29. The lowest BCUT2D eigenvalue weighted by molar-refractivity contribution is 0.0891. The number of rotatable bonds is 2. The Kier molecular flexibility index (Phi) is 4.74. The molecular formula is C26H27N5O. The zero-order valence-corrected chi connectivity index (χ0v) is 18.3. The molecule has 3 aromatic rings. The van der Waals surface area contributed by atoms with E-state index in [0.29, 0.717) is 30.2 Å². The summed E-state index contributed by atoms with van der Waals surface area (Å²) < 4.78 is 6.39. The van der Waals surface area contributed by atoms with Crippen molar-refractivity contribution in [2.45, 2.75) is 31.5 Å². The second kappa shape index (κ2) is 7.77. The standard InChI is InChI=1S/C26H27N5O/c1-17-13-30(24-7-6-19(10-27)26-23(24)3-2-8-29-26)15-22-16-32-25-9-18(21-11-28-12-21)4-5-20(25)14-31(17)22/h2-9,17,21-22,28H,11-16H2,1H3/t17-,22-/m1/s1. The van der Waals surface area contributed by atoms with Crippen LogP contribution in [0.15, 0.2) is 48.7 Å². The van der Waals surface area contributed by atoms with Gasteiger partial charge in [-0.25, -0.2) is 0 Å². The molecule has 1 aromatic heterocycles. The van der Waals surface area contributed by atoms with Crippen LogP contribution in [0, 0.1) is 11.3 Å². The van der Waals surface area contributed by atoms with Gasteiger partial charge in [-0.3, -0.25) is 9.88 Å². The van der Waals surface area contributed by atoms with E-state index < -0.39 is 0 Å². The van der Waals surface area contributed by atoms with Gasteiger partial charge in [-0.2, -0.15) is 5.26 Å². The molecule has 0 bridgehead atoms. The van der Waals surface area contributed by atoms with Crippen molar-refractivity contribution in [2.75, 3.05) is 37.7 Å². The van der Waals surface area contributed by atoms with Gasteiger partial charge in [0.05, 0.1) is 17.1 Å². The van der Waals surface area contributed by atoms with E-state index in [-0.39, 0.29) is 0 Å². The fourth-order valence-electron chi connectivity index (χ4n) is 5.37. The van der Waals surface area contributed by atoms with Gasteiger partial charge in [0, 0.05) is 67.5 Å². The van der Waals surface area contributed by atoms with E-state index in [1.165, 1.54) is 11.1 Å². The molecule has 162 valence electrons. The van der Waals surface area contributed by atoms with E-state index in [1.807, 2.05) is 12.1 Å². The number of pyridine rings is 1. The maximum absolute atomic E-state index is 9.49. The summed E-state index contributed by atoms with van der Waals surface area (Å²) in [6, 6.07) is 17.8. The van der Waals surface area contributed by atoms with E-state index in [1.54, 1.807) is 6.20 Å². The average molecular weight is 426 g/mol. The summed E-state index contributed by atoms with van der Waals surface area (Å²) in [6.45, 7) is 7.88. The Bertz CT molecular complexity index is 1210. The Morgan fingerprint density at radius 2 is 2.06 bits per heavy atom. The molecule has 6 heteroatoms. The number of piperazine rings is 1. The van der Waals surface area contributed by atoms with E-state index >= 15 is 0 Å². The average Bonchev–Trinajstić information content (AvgIpc) is 2.97. The minimum Gasteiger partial charge on any atom is -0.492 e. The highest BCUT2D eigenvalue weighted by Gasteiger charge is 2.36. The first kappa shape index (κ1) is 19.5. The quantitative estimate of drug-likeness (QED) is 0.680. The molecule has 3 aliphatic heterocycles. The molecule has 2 fully saturated rings. The predicted octanol–water partition coefficient (Wildman–Crippen LogP) is 3.26. The summed E-state index contributed by atoms with van der Waals surface area (Å²) in [5, 5.41) is 13.9. The summed E-state index contributed by atoms with van der Waals surface area (Å²) in [5.74, 6) is 1.66. The number of hydrogen-bond donors (Lipinski definition) is 1. The van der Waals surface area contributed by atoms with Crippen LogP contribution in [0.4, 0.5) is 5.69 Å². The van der Waals surface area contributed by atoms with Crippen LogP contribution in [-0.4, -0.2) is 54.8 Å². The Hall–Kier alpha value is -3.14. The van der Waals surface area contributed by atoms with Gasteiger partial charge in [0.2, 0.25) is 0 Å². The smallest absolute Gasteiger partial charge is 0.124 e. The molecule has 3 aliphatic rings. The summed E-state index contributed by atoms with van der Waals surface area (Å²) in [5.41, 5.74) is 5.23. The van der Waals surface area contributed by atoms with Crippen molar-refractivity contribution in [2.24, 2.45) is 0 Å². The first-order valence-electron chi connectivity index (χ1n) is 11.5. The summed E-state index contributed by atoms with van der Waals surface area (Å²) in [7, 11) is 0. The molecule has 2 saturated heterocycles. The number of nitrogens with zero attached hydrogens (tertiary/aromatic N) is 4. The van der Waals surface area contributed by atoms with Crippen LogP contribution in [0.3, 0.4) is 0 Å². The number of ether oxygens (including phenoxy) is 1. The topological polar surface area (TPSA) is 64.4 Å². The van der Waals surface area contributed by atoms with Crippen molar-refractivity contribution >= 4 is 16.6 Å². The lowest BCUT2D eigenvalue weighted by Crippen LogP contribution is -2.58. The number of aromatic nitrogens is 1. The van der Waals surface area contributed by atoms with E-state index in [9.17, 15) is 5.26 Å². The normalized spacial score (nSPS) is 23.4. The van der Waals surface area contributed by atoms with Crippen molar-refractivity contribution in [3.05, 3.63) is 65.4 Å². The Morgan fingerprint density at radius 3 is 2.88 bits per heavy atom. The second-order valence-corrected chi connectivity index (χ2v) is 9.26. The number of benzene rings is 2. The fourth-order valence-corrected chi connectivity index (χ4v) is 5.37. The molecule has 0 aliphatic carbocycles. The zero-order chi connectivity index (χ0) is 21.7. The molecule has 0 spiro atoms. The lowest BCUT2D eigenvalue weighted by Gasteiger charge is -2.45. The van der Waals surface area contributed by atoms with E-state index in [4.69, 9.17) is 4.74 Å². The minimum atomic E-state index is 0.308. The largest absolute Gasteiger partial charge is 0.492 e. The van der Waals surface area contributed by atoms with Crippen molar-refractivity contribution in [3.8, 4) is 11.8 Å². The van der Waals surface area contributed by atoms with Crippen molar-refractivity contribution in [3.63, 3.8) is 0 Å². The monoisotopic (exact) mass is 425 g/mol. The number of hydrogen-bond acceptors (Lipinski definition) is 6. The SMILES string of the molecule is C[C@@H]1CN(c2ccc(C#N)c3ncccc23)C[C@@H]2COc3cc(C4CNC4)ccc3CN21. The summed E-state index contributed by atoms with van der Waals surface area (Å²) in [6.07, 6.45) is 1.76. The van der Waals surface area contributed by atoms with Crippen molar-refractivity contribution in [1.82, 2.24) is 15.2 Å². The van der Waals surface area contributed by atoms with Gasteiger partial charge >= 0.3 is 0 Å². The van der Waals surface area contributed by atoms with E-state index in [0.717, 1.165) is 55.1 Å². The van der Waals surface area contributed by atoms with Crippen molar-refractivity contribution in [1.29, 1.82) is 5.26 Å². The van der Waals surface area contributed by atoms with Crippen LogP contribution in [0.5, 0.6) is 5.75 Å². The molecular weight excluding hydrogens is 398 g/mol. The van der Waals surface area contributed by atoms with Gasteiger partial charge in [-0.1, -0.05) is 12.1 Å². The number of nitriles is 1. The number of nitrogens with one attached hydrogen (secondary N) is 1. The van der Waals surface area contributed by atoms with Gasteiger partial charge in [0.15, 0.2) is 0 Å². The van der Waals surface area contributed by atoms with Crippen LogP contribution in [-0.2, 0) is 6.54 Å². The highest BCUT2D eigenvalue weighted by Crippen LogP contribution is 2.35. The van der Waals surface area contributed by atoms with Gasteiger partial charge in [0.1, 0.15) is 18.4 Å². The van der Waals surface area contributed by atoms with Crippen molar-refractivity contribution < 1.29 is 4.74 Å². The maximum atomic E-state index is 9.49. The molecule has 4 heterocycles. The Morgan fingerprint density at radius 1 is 1.16 bits per heavy atom. The first-order chi connectivity index (χ1) is 15.7. The third-order valence-electron chi connectivity index (χ3n) is 7.29. The van der Waals surface area contributed by atoms with Crippen LogP contribution in [0.1, 0.15) is 29.5 Å². The Labute approximate surface area is 188 Å². The van der Waals surface area contributed by atoms with Gasteiger partial charge in [0.25, 0.3) is 0 Å². The molecule has 2 atom stereocenters. The van der Waals surface area contributed by atoms with Gasteiger partial charge in [-0.15, -0.1) is 0 Å². The summed E-state index contributed by atoms with van der Waals surface area (Å²) in [4.78, 5) is 9.54. The highest BCUT2D eigenvalue weighted by molar-refractivity contribution is 5.95. The van der Waals surface area contributed by atoms with Gasteiger partial charge in [-0.05, 0) is 42.8 Å². The third kappa shape index (κ3) is 3.21. The predicted molar refractivity (Wildman–Crippen MR) is 125 cm³/mol. The number of fused-ring (bicyclic) bond motifs is 3. The molecule has 1 N–H and O–H groups in total. The molecule has 0 unspecified atom stereocenters. The first-order valence-corrected chi connectivity index (χ1v) is 11.5. The lowest BCUT2D eigenvalue weighted by atomic mass is 9.92. The highest BCUT2D eigenvalue weighted by atomic mass is 16.5. The van der Waals surface area contributed by atoms with Crippen LogP contribution < -0.4 is 15.0 Å². The van der Waals surface area contributed by atoms with Gasteiger partial charge < -0.3 is 15.0 Å². The molecule has 0 amide bonds. The molecule has 2 aromatic carbocycles. The molecule has 6 rings (SSSR count). The van der Waals surface area contributed by atoms with Crippen LogP contribution >= 0.6 is 0 Å². The maximum Gasteiger partial charge on any atom is 0.124 e. The van der Waals surface area contributed by atoms with Crippen LogP contribution in [0.2, 0.25) is 0 Å². The summed E-state index contributed by atoms with van der Waals surface area (Å²) >= 11 is 0.